The standard InChI is InChI=1S/C24H21N5/c1-17-21(15-19-9-5-3-6-10-19)24(28-14-13-25-16-28)29-23(26-17)22(18(2)27-29)20-11-7-4-8-12-20/h3-14,16H,15H2,1-2H3. The van der Waals surface area contributed by atoms with Crippen LogP contribution in [0, 0.1) is 13.8 Å². The lowest BCUT2D eigenvalue weighted by atomic mass is 10.0. The van der Waals surface area contributed by atoms with Crippen molar-refractivity contribution in [2.24, 2.45) is 0 Å². The Bertz CT molecular complexity index is 1270. The van der Waals surface area contributed by atoms with Crippen molar-refractivity contribution in [3.05, 3.63) is 102 Å². The second kappa shape index (κ2) is 7.02. The molecular formula is C24H21N5. The first-order valence-corrected chi connectivity index (χ1v) is 9.69. The number of imidazole rings is 1. The van der Waals surface area contributed by atoms with Gasteiger partial charge in [-0.3, -0.25) is 4.57 Å². The minimum Gasteiger partial charge on any atom is -0.290 e. The number of hydrogen-bond donors (Lipinski definition) is 0. The maximum Gasteiger partial charge on any atom is 0.165 e. The predicted octanol–water partition coefficient (Wildman–Crippen LogP) is 4.79. The normalized spacial score (nSPS) is 11.2. The predicted molar refractivity (Wildman–Crippen MR) is 114 cm³/mol. The largest absolute Gasteiger partial charge is 0.290 e. The van der Waals surface area contributed by atoms with Crippen molar-refractivity contribution >= 4 is 5.65 Å². The molecule has 3 heterocycles. The maximum absolute atomic E-state index is 5.01. The Balaban J connectivity index is 1.80. The molecule has 2 aromatic carbocycles. The monoisotopic (exact) mass is 379 g/mol. The lowest BCUT2D eigenvalue weighted by Gasteiger charge is -2.15. The van der Waals surface area contributed by atoms with Gasteiger partial charge in [0.1, 0.15) is 12.1 Å². The van der Waals surface area contributed by atoms with E-state index in [4.69, 9.17) is 10.1 Å². The molecule has 5 aromatic rings. The number of hydrogen-bond acceptors (Lipinski definition) is 3. The topological polar surface area (TPSA) is 48.0 Å². The molecule has 0 atom stereocenters. The molecule has 5 heteroatoms. The molecule has 0 bridgehead atoms. The quantitative estimate of drug-likeness (QED) is 0.451. The van der Waals surface area contributed by atoms with Crippen molar-refractivity contribution < 1.29 is 0 Å². The molecule has 0 unspecified atom stereocenters. The molecule has 0 fully saturated rings. The Morgan fingerprint density at radius 1 is 0.862 bits per heavy atom. The van der Waals surface area contributed by atoms with Crippen LogP contribution in [0.25, 0.3) is 22.6 Å². The van der Waals surface area contributed by atoms with Crippen molar-refractivity contribution in [3.8, 4) is 16.9 Å². The van der Waals surface area contributed by atoms with E-state index in [1.165, 1.54) is 5.56 Å². The Morgan fingerprint density at radius 2 is 1.59 bits per heavy atom. The van der Waals surface area contributed by atoms with Crippen molar-refractivity contribution in [1.29, 1.82) is 0 Å². The summed E-state index contributed by atoms with van der Waals surface area (Å²) in [5.41, 5.74) is 7.41. The average Bonchev–Trinajstić information content (AvgIpc) is 3.38. The van der Waals surface area contributed by atoms with Crippen molar-refractivity contribution in [3.63, 3.8) is 0 Å². The summed E-state index contributed by atoms with van der Waals surface area (Å²) in [5, 5.41) is 4.89. The third-order valence-corrected chi connectivity index (χ3v) is 5.25. The van der Waals surface area contributed by atoms with Gasteiger partial charge >= 0.3 is 0 Å². The fraction of sp³-hybridized carbons (Fsp3) is 0.125. The molecule has 142 valence electrons. The van der Waals surface area contributed by atoms with Crippen LogP contribution in [0.1, 0.15) is 22.5 Å². The van der Waals surface area contributed by atoms with Crippen LogP contribution >= 0.6 is 0 Å². The Hall–Kier alpha value is -3.73. The first-order chi connectivity index (χ1) is 14.2. The molecule has 0 amide bonds. The van der Waals surface area contributed by atoms with Crippen LogP contribution in [-0.2, 0) is 6.42 Å². The molecule has 0 aliphatic heterocycles. The molecule has 0 saturated heterocycles. The molecule has 5 nitrogen and oxygen atoms in total. The van der Waals surface area contributed by atoms with E-state index in [1.54, 1.807) is 6.20 Å². The number of aryl methyl sites for hydroxylation is 2. The Labute approximate surface area is 169 Å². The van der Waals surface area contributed by atoms with E-state index in [0.717, 1.165) is 46.0 Å². The highest BCUT2D eigenvalue weighted by Crippen LogP contribution is 2.31. The van der Waals surface area contributed by atoms with Crippen molar-refractivity contribution in [1.82, 2.24) is 24.1 Å². The Morgan fingerprint density at radius 3 is 2.28 bits per heavy atom. The lowest BCUT2D eigenvalue weighted by Crippen LogP contribution is -2.11. The van der Waals surface area contributed by atoms with Gasteiger partial charge in [-0.1, -0.05) is 60.7 Å². The third kappa shape index (κ3) is 3.01. The second-order valence-electron chi connectivity index (χ2n) is 7.19. The summed E-state index contributed by atoms with van der Waals surface area (Å²) in [5.74, 6) is 0.985. The first-order valence-electron chi connectivity index (χ1n) is 9.69. The summed E-state index contributed by atoms with van der Waals surface area (Å²) in [6, 6.07) is 20.8. The fourth-order valence-electron chi connectivity index (χ4n) is 3.88. The zero-order valence-electron chi connectivity index (χ0n) is 16.4. The summed E-state index contributed by atoms with van der Waals surface area (Å²) in [4.78, 5) is 9.28. The third-order valence-electron chi connectivity index (χ3n) is 5.25. The van der Waals surface area contributed by atoms with Crippen LogP contribution in [-0.4, -0.2) is 24.1 Å². The first kappa shape index (κ1) is 17.4. The number of benzene rings is 2. The maximum atomic E-state index is 5.01. The summed E-state index contributed by atoms with van der Waals surface area (Å²) in [7, 11) is 0. The number of nitrogens with zero attached hydrogens (tertiary/aromatic N) is 5. The van der Waals surface area contributed by atoms with Gasteiger partial charge in [-0.2, -0.15) is 9.61 Å². The molecule has 3 aromatic heterocycles. The highest BCUT2D eigenvalue weighted by atomic mass is 15.3. The van der Waals surface area contributed by atoms with Crippen LogP contribution in [0.15, 0.2) is 79.4 Å². The van der Waals surface area contributed by atoms with E-state index < -0.39 is 0 Å². The van der Waals surface area contributed by atoms with E-state index in [9.17, 15) is 0 Å². The number of rotatable bonds is 4. The molecule has 0 N–H and O–H groups in total. The minimum absolute atomic E-state index is 0.780. The molecule has 0 saturated carbocycles. The van der Waals surface area contributed by atoms with Gasteiger partial charge in [0, 0.05) is 35.6 Å². The van der Waals surface area contributed by atoms with Crippen molar-refractivity contribution in [2.75, 3.05) is 0 Å². The molecule has 5 rings (SSSR count). The molecule has 29 heavy (non-hydrogen) atoms. The highest BCUT2D eigenvalue weighted by molar-refractivity contribution is 5.80. The molecule has 0 radical (unpaired) electrons. The van der Waals surface area contributed by atoms with Gasteiger partial charge in [-0.15, -0.1) is 0 Å². The summed E-state index contributed by atoms with van der Waals surface area (Å²) >= 11 is 0. The fourth-order valence-corrected chi connectivity index (χ4v) is 3.88. The lowest BCUT2D eigenvalue weighted by molar-refractivity contribution is 0.814. The highest BCUT2D eigenvalue weighted by Gasteiger charge is 2.21. The molecule has 0 spiro atoms. The summed E-state index contributed by atoms with van der Waals surface area (Å²) in [6.07, 6.45) is 6.36. The van der Waals surface area contributed by atoms with Gasteiger partial charge in [-0.25, -0.2) is 9.97 Å². The Kier molecular flexibility index (Phi) is 4.21. The smallest absolute Gasteiger partial charge is 0.165 e. The number of aromatic nitrogens is 5. The van der Waals surface area contributed by atoms with Gasteiger partial charge in [0.05, 0.1) is 5.69 Å². The van der Waals surface area contributed by atoms with Crippen LogP contribution in [0.2, 0.25) is 0 Å². The van der Waals surface area contributed by atoms with Crippen LogP contribution < -0.4 is 0 Å². The van der Waals surface area contributed by atoms with Gasteiger partial charge in [0.2, 0.25) is 0 Å². The van der Waals surface area contributed by atoms with E-state index in [0.29, 0.717) is 0 Å². The van der Waals surface area contributed by atoms with Gasteiger partial charge < -0.3 is 0 Å². The SMILES string of the molecule is Cc1nc2c(-c3ccccc3)c(C)nn2c(-n2ccnc2)c1Cc1ccccc1. The van der Waals surface area contributed by atoms with Gasteiger partial charge in [0.25, 0.3) is 0 Å². The summed E-state index contributed by atoms with van der Waals surface area (Å²) in [6.45, 7) is 4.12. The minimum atomic E-state index is 0.780. The van der Waals surface area contributed by atoms with Gasteiger partial charge in [-0.05, 0) is 25.0 Å². The van der Waals surface area contributed by atoms with Crippen LogP contribution in [0.5, 0.6) is 0 Å². The van der Waals surface area contributed by atoms with E-state index in [2.05, 4.69) is 48.3 Å². The van der Waals surface area contributed by atoms with Gasteiger partial charge in [0.15, 0.2) is 5.65 Å². The average molecular weight is 379 g/mol. The molecular weight excluding hydrogens is 358 g/mol. The zero-order chi connectivity index (χ0) is 19.8. The molecule has 0 aliphatic rings. The summed E-state index contributed by atoms with van der Waals surface area (Å²) < 4.78 is 3.99. The van der Waals surface area contributed by atoms with Crippen LogP contribution in [0.4, 0.5) is 0 Å². The second-order valence-corrected chi connectivity index (χ2v) is 7.19. The van der Waals surface area contributed by atoms with E-state index in [-0.39, 0.29) is 0 Å². The zero-order valence-corrected chi connectivity index (χ0v) is 16.4. The number of fused-ring (bicyclic) bond motifs is 1. The molecule has 0 aliphatic carbocycles. The van der Waals surface area contributed by atoms with Crippen LogP contribution in [0.3, 0.4) is 0 Å². The van der Waals surface area contributed by atoms with E-state index >= 15 is 0 Å². The van der Waals surface area contributed by atoms with E-state index in [1.807, 2.05) is 52.8 Å². The van der Waals surface area contributed by atoms with Crippen molar-refractivity contribution in [2.45, 2.75) is 20.3 Å².